The van der Waals surface area contributed by atoms with Crippen LogP contribution in [0.25, 0.3) is 0 Å². The third-order valence-corrected chi connectivity index (χ3v) is 5.67. The van der Waals surface area contributed by atoms with Crippen molar-refractivity contribution >= 4 is 23.2 Å². The van der Waals surface area contributed by atoms with E-state index in [0.29, 0.717) is 15.7 Å². The van der Waals surface area contributed by atoms with Gasteiger partial charge < -0.3 is 15.4 Å². The lowest BCUT2D eigenvalue weighted by Gasteiger charge is -2.35. The number of morpholine rings is 1. The zero-order valence-electron chi connectivity index (χ0n) is 13.2. The normalized spacial score (nSPS) is 20.6. The van der Waals surface area contributed by atoms with Crippen molar-refractivity contribution in [3.63, 3.8) is 0 Å². The molecule has 0 saturated carbocycles. The van der Waals surface area contributed by atoms with Crippen LogP contribution in [0.4, 0.5) is 0 Å². The number of nitrogens with two attached hydrogens (primary N) is 1. The first kappa shape index (κ1) is 16.4. The first-order valence-electron chi connectivity index (χ1n) is 8.12. The molecule has 0 aliphatic carbocycles. The molecular formula is C16H23N3O3S. The number of piperidine rings is 1. The largest absolute Gasteiger partial charge is 0.379 e. The molecule has 3 heterocycles. The minimum absolute atomic E-state index is 0.0207. The Morgan fingerprint density at radius 3 is 2.39 bits per heavy atom. The predicted octanol–water partition coefficient (Wildman–Crippen LogP) is 1.03. The second-order valence-corrected chi connectivity index (χ2v) is 7.26. The Hall–Kier alpha value is -1.44. The molecular weight excluding hydrogens is 314 g/mol. The predicted molar refractivity (Wildman–Crippen MR) is 88.7 cm³/mol. The van der Waals surface area contributed by atoms with Gasteiger partial charge in [0.25, 0.3) is 11.8 Å². The molecule has 2 saturated heterocycles. The Kier molecular flexibility index (Phi) is 5.30. The van der Waals surface area contributed by atoms with Crippen LogP contribution in [0.1, 0.15) is 32.2 Å². The third-order valence-electron chi connectivity index (χ3n) is 4.58. The van der Waals surface area contributed by atoms with Gasteiger partial charge in [-0.05, 0) is 30.9 Å². The number of carbonyl (C=O) groups is 2. The Bertz CT molecular complexity index is 561. The van der Waals surface area contributed by atoms with E-state index in [2.05, 4.69) is 4.90 Å². The summed E-state index contributed by atoms with van der Waals surface area (Å²) in [6.45, 7) is 6.38. The maximum atomic E-state index is 12.5. The first-order chi connectivity index (χ1) is 11.1. The van der Waals surface area contributed by atoms with E-state index in [0.717, 1.165) is 58.8 Å². The highest BCUT2D eigenvalue weighted by Gasteiger charge is 2.26. The molecule has 0 spiro atoms. The number of ether oxygens (including phenoxy) is 1. The number of carbonyl (C=O) groups excluding carboxylic acids is 2. The average Bonchev–Trinajstić information content (AvgIpc) is 3.06. The maximum Gasteiger partial charge on any atom is 0.263 e. The van der Waals surface area contributed by atoms with Gasteiger partial charge in [-0.25, -0.2) is 0 Å². The van der Waals surface area contributed by atoms with Gasteiger partial charge >= 0.3 is 0 Å². The van der Waals surface area contributed by atoms with Crippen molar-refractivity contribution in [1.82, 2.24) is 9.80 Å². The van der Waals surface area contributed by atoms with Gasteiger partial charge in [0.2, 0.25) is 0 Å². The molecule has 2 aliphatic rings. The Morgan fingerprint density at radius 2 is 1.78 bits per heavy atom. The minimum Gasteiger partial charge on any atom is -0.379 e. The van der Waals surface area contributed by atoms with E-state index in [1.807, 2.05) is 4.90 Å². The number of hydrogen-bond donors (Lipinski definition) is 1. The topological polar surface area (TPSA) is 75.9 Å². The van der Waals surface area contributed by atoms with Gasteiger partial charge in [-0.15, -0.1) is 11.3 Å². The molecule has 0 radical (unpaired) electrons. The molecule has 2 fully saturated rings. The SMILES string of the molecule is NC(=O)c1ccc(C(=O)N2CCC(CN3CCOCC3)CC2)s1. The number of primary amides is 1. The summed E-state index contributed by atoms with van der Waals surface area (Å²) in [5.74, 6) is 0.201. The summed E-state index contributed by atoms with van der Waals surface area (Å²) in [4.78, 5) is 29.0. The number of amides is 2. The summed E-state index contributed by atoms with van der Waals surface area (Å²) in [7, 11) is 0. The number of nitrogens with zero attached hydrogens (tertiary/aromatic N) is 2. The van der Waals surface area contributed by atoms with Gasteiger partial charge in [-0.3, -0.25) is 14.5 Å². The lowest BCUT2D eigenvalue weighted by Crippen LogP contribution is -2.44. The molecule has 1 aromatic heterocycles. The maximum absolute atomic E-state index is 12.5. The standard InChI is InChI=1S/C16H23N3O3S/c17-15(20)13-1-2-14(23-13)16(21)19-5-3-12(4-6-19)11-18-7-9-22-10-8-18/h1-2,12H,3-11H2,(H2,17,20). The van der Waals surface area contributed by atoms with Crippen LogP contribution in [0.3, 0.4) is 0 Å². The Balaban J connectivity index is 1.49. The van der Waals surface area contributed by atoms with Crippen LogP contribution in [-0.2, 0) is 4.74 Å². The van der Waals surface area contributed by atoms with E-state index in [1.54, 1.807) is 12.1 Å². The van der Waals surface area contributed by atoms with Crippen molar-refractivity contribution in [2.75, 3.05) is 45.9 Å². The summed E-state index contributed by atoms with van der Waals surface area (Å²) in [5.41, 5.74) is 5.25. The fraction of sp³-hybridized carbons (Fsp3) is 0.625. The van der Waals surface area contributed by atoms with Gasteiger partial charge in [0.1, 0.15) is 0 Å². The fourth-order valence-corrected chi connectivity index (χ4v) is 4.03. The van der Waals surface area contributed by atoms with E-state index >= 15 is 0 Å². The second kappa shape index (κ2) is 7.42. The monoisotopic (exact) mass is 337 g/mol. The van der Waals surface area contributed by atoms with Crippen molar-refractivity contribution in [1.29, 1.82) is 0 Å². The molecule has 0 bridgehead atoms. The lowest BCUT2D eigenvalue weighted by atomic mass is 9.96. The summed E-state index contributed by atoms with van der Waals surface area (Å²) >= 11 is 1.18. The molecule has 3 rings (SSSR count). The van der Waals surface area contributed by atoms with Gasteiger partial charge in [0.15, 0.2) is 0 Å². The molecule has 1 aromatic rings. The summed E-state index contributed by atoms with van der Waals surface area (Å²) in [6, 6.07) is 3.33. The highest BCUT2D eigenvalue weighted by molar-refractivity contribution is 7.15. The molecule has 0 unspecified atom stereocenters. The van der Waals surface area contributed by atoms with E-state index in [4.69, 9.17) is 10.5 Å². The molecule has 0 aromatic carbocycles. The molecule has 2 amide bonds. The van der Waals surface area contributed by atoms with E-state index in [9.17, 15) is 9.59 Å². The molecule has 0 atom stereocenters. The van der Waals surface area contributed by atoms with Gasteiger partial charge in [0.05, 0.1) is 23.0 Å². The van der Waals surface area contributed by atoms with Crippen LogP contribution in [0.2, 0.25) is 0 Å². The highest BCUT2D eigenvalue weighted by Crippen LogP contribution is 2.23. The Morgan fingerprint density at radius 1 is 1.13 bits per heavy atom. The van der Waals surface area contributed by atoms with Crippen molar-refractivity contribution in [3.8, 4) is 0 Å². The molecule has 126 valence electrons. The minimum atomic E-state index is -0.474. The van der Waals surface area contributed by atoms with Crippen LogP contribution in [-0.4, -0.2) is 67.6 Å². The van der Waals surface area contributed by atoms with Crippen LogP contribution in [0, 0.1) is 5.92 Å². The molecule has 2 N–H and O–H groups in total. The summed E-state index contributed by atoms with van der Waals surface area (Å²) in [5, 5.41) is 0. The van der Waals surface area contributed by atoms with Crippen molar-refractivity contribution < 1.29 is 14.3 Å². The summed E-state index contributed by atoms with van der Waals surface area (Å²) in [6.07, 6.45) is 2.08. The van der Waals surface area contributed by atoms with E-state index < -0.39 is 5.91 Å². The van der Waals surface area contributed by atoms with E-state index in [-0.39, 0.29) is 5.91 Å². The second-order valence-electron chi connectivity index (χ2n) is 6.18. The third kappa shape index (κ3) is 4.10. The van der Waals surface area contributed by atoms with Crippen LogP contribution in [0.15, 0.2) is 12.1 Å². The number of hydrogen-bond acceptors (Lipinski definition) is 5. The van der Waals surface area contributed by atoms with Crippen molar-refractivity contribution in [2.24, 2.45) is 11.7 Å². The van der Waals surface area contributed by atoms with Gasteiger partial charge in [0, 0.05) is 32.7 Å². The first-order valence-corrected chi connectivity index (χ1v) is 8.94. The number of rotatable bonds is 4. The number of thiophene rings is 1. The van der Waals surface area contributed by atoms with Crippen molar-refractivity contribution in [3.05, 3.63) is 21.9 Å². The summed E-state index contributed by atoms with van der Waals surface area (Å²) < 4.78 is 5.38. The van der Waals surface area contributed by atoms with Crippen LogP contribution >= 0.6 is 11.3 Å². The van der Waals surface area contributed by atoms with Gasteiger partial charge in [-0.2, -0.15) is 0 Å². The fourth-order valence-electron chi connectivity index (χ4n) is 3.21. The van der Waals surface area contributed by atoms with Crippen molar-refractivity contribution in [2.45, 2.75) is 12.8 Å². The molecule has 6 nitrogen and oxygen atoms in total. The van der Waals surface area contributed by atoms with E-state index in [1.165, 1.54) is 11.3 Å². The van der Waals surface area contributed by atoms with Crippen LogP contribution in [0.5, 0.6) is 0 Å². The zero-order chi connectivity index (χ0) is 16.2. The van der Waals surface area contributed by atoms with Crippen LogP contribution < -0.4 is 5.73 Å². The molecule has 2 aliphatic heterocycles. The zero-order valence-corrected chi connectivity index (χ0v) is 14.0. The molecule has 7 heteroatoms. The smallest absolute Gasteiger partial charge is 0.263 e. The average molecular weight is 337 g/mol. The lowest BCUT2D eigenvalue weighted by molar-refractivity contribution is 0.0243. The van der Waals surface area contributed by atoms with Gasteiger partial charge in [-0.1, -0.05) is 0 Å². The quantitative estimate of drug-likeness (QED) is 0.890. The highest BCUT2D eigenvalue weighted by atomic mass is 32.1. The number of likely N-dealkylation sites (tertiary alicyclic amines) is 1. The molecule has 23 heavy (non-hydrogen) atoms. The Labute approximate surface area is 140 Å².